The van der Waals surface area contributed by atoms with E-state index in [0.29, 0.717) is 11.5 Å². The molecule has 1 aromatic rings. The van der Waals surface area contributed by atoms with Gasteiger partial charge in [0.15, 0.2) is 0 Å². The van der Waals surface area contributed by atoms with Crippen LogP contribution >= 0.6 is 0 Å². The van der Waals surface area contributed by atoms with Crippen LogP contribution in [0.25, 0.3) is 0 Å². The average Bonchev–Trinajstić information content (AvgIpc) is 2.20. The largest absolute Gasteiger partial charge is 0.316 e. The Hall–Kier alpha value is -0.820. The lowest BCUT2D eigenvalue weighted by Crippen LogP contribution is -2.38. The molecular formula is C16H27N. The molecular weight excluding hydrogens is 206 g/mol. The zero-order valence-corrected chi connectivity index (χ0v) is 12.2. The third-order valence-electron chi connectivity index (χ3n) is 3.72. The first-order valence-corrected chi connectivity index (χ1v) is 6.58. The van der Waals surface area contributed by atoms with Gasteiger partial charge in [0.25, 0.3) is 0 Å². The number of rotatable bonds is 4. The maximum absolute atomic E-state index is 3.45. The van der Waals surface area contributed by atoms with Crippen molar-refractivity contribution < 1.29 is 0 Å². The Labute approximate surface area is 107 Å². The molecule has 0 saturated heterocycles. The van der Waals surface area contributed by atoms with Crippen molar-refractivity contribution in [2.75, 3.05) is 7.05 Å². The molecule has 0 aliphatic rings. The minimum Gasteiger partial charge on any atom is -0.316 e. The fraction of sp³-hybridized carbons (Fsp3) is 0.625. The predicted octanol–water partition coefficient (Wildman–Crippen LogP) is 3.87. The van der Waals surface area contributed by atoms with Crippen molar-refractivity contribution >= 4 is 0 Å². The van der Waals surface area contributed by atoms with E-state index in [2.05, 4.69) is 65.2 Å². The van der Waals surface area contributed by atoms with Gasteiger partial charge in [-0.1, -0.05) is 39.0 Å². The van der Waals surface area contributed by atoms with Gasteiger partial charge in [0.1, 0.15) is 0 Å². The summed E-state index contributed by atoms with van der Waals surface area (Å²) in [6.07, 6.45) is 2.37. The Morgan fingerprint density at radius 2 is 1.65 bits per heavy atom. The van der Waals surface area contributed by atoms with E-state index >= 15 is 0 Å². The van der Waals surface area contributed by atoms with Crippen LogP contribution in [-0.2, 0) is 6.42 Å². The summed E-state index contributed by atoms with van der Waals surface area (Å²) in [4.78, 5) is 0. The summed E-state index contributed by atoms with van der Waals surface area (Å²) >= 11 is 0. The van der Waals surface area contributed by atoms with Gasteiger partial charge in [0.05, 0.1) is 0 Å². The van der Waals surface area contributed by atoms with E-state index in [4.69, 9.17) is 0 Å². The number of nitrogens with one attached hydrogen (secondary N) is 1. The monoisotopic (exact) mass is 233 g/mol. The molecule has 0 amide bonds. The Kier molecular flexibility index (Phi) is 4.76. The smallest absolute Gasteiger partial charge is 0.0116 e. The summed E-state index contributed by atoms with van der Waals surface area (Å²) in [7, 11) is 2.07. The van der Waals surface area contributed by atoms with Crippen LogP contribution in [0, 0.1) is 19.3 Å². The molecule has 1 unspecified atom stereocenters. The van der Waals surface area contributed by atoms with E-state index in [1.165, 1.54) is 29.5 Å². The standard InChI is InChI=1S/C16H27N/c1-12-8-7-9-13(2)14(12)10-11-15(17-6)16(3,4)5/h7-9,15,17H,10-11H2,1-6H3. The summed E-state index contributed by atoms with van der Waals surface area (Å²) in [6.45, 7) is 11.3. The molecule has 1 rings (SSSR count). The van der Waals surface area contributed by atoms with E-state index in [9.17, 15) is 0 Å². The van der Waals surface area contributed by atoms with Crippen LogP contribution in [0.1, 0.15) is 43.9 Å². The predicted molar refractivity (Wildman–Crippen MR) is 76.5 cm³/mol. The highest BCUT2D eigenvalue weighted by atomic mass is 14.9. The van der Waals surface area contributed by atoms with E-state index in [-0.39, 0.29) is 0 Å². The maximum Gasteiger partial charge on any atom is 0.0116 e. The summed E-state index contributed by atoms with van der Waals surface area (Å²) in [5.74, 6) is 0. The van der Waals surface area contributed by atoms with Crippen molar-refractivity contribution in [3.63, 3.8) is 0 Å². The normalized spacial score (nSPS) is 13.8. The highest BCUT2D eigenvalue weighted by molar-refractivity contribution is 5.33. The molecule has 0 saturated carbocycles. The number of hydrogen-bond acceptors (Lipinski definition) is 1. The number of aryl methyl sites for hydroxylation is 2. The molecule has 1 N–H and O–H groups in total. The highest BCUT2D eigenvalue weighted by Gasteiger charge is 2.22. The lowest BCUT2D eigenvalue weighted by atomic mass is 9.82. The van der Waals surface area contributed by atoms with E-state index in [1.807, 2.05) is 0 Å². The summed E-state index contributed by atoms with van der Waals surface area (Å²) in [6, 6.07) is 7.15. The van der Waals surface area contributed by atoms with Crippen LogP contribution in [0.3, 0.4) is 0 Å². The molecule has 0 heterocycles. The first-order chi connectivity index (χ1) is 7.86. The van der Waals surface area contributed by atoms with Gasteiger partial charge in [-0.05, 0) is 55.8 Å². The van der Waals surface area contributed by atoms with Crippen molar-refractivity contribution in [2.24, 2.45) is 5.41 Å². The van der Waals surface area contributed by atoms with E-state index < -0.39 is 0 Å². The average molecular weight is 233 g/mol. The molecule has 1 nitrogen and oxygen atoms in total. The van der Waals surface area contributed by atoms with E-state index in [1.54, 1.807) is 0 Å². The lowest BCUT2D eigenvalue weighted by Gasteiger charge is -2.30. The van der Waals surface area contributed by atoms with Gasteiger partial charge in [0.2, 0.25) is 0 Å². The molecule has 0 bridgehead atoms. The van der Waals surface area contributed by atoms with Gasteiger partial charge in [0, 0.05) is 6.04 Å². The highest BCUT2D eigenvalue weighted by Crippen LogP contribution is 2.24. The third kappa shape index (κ3) is 3.85. The van der Waals surface area contributed by atoms with Gasteiger partial charge in [-0.3, -0.25) is 0 Å². The molecule has 0 aromatic heterocycles. The summed E-state index contributed by atoms with van der Waals surface area (Å²) in [5, 5.41) is 3.45. The first-order valence-electron chi connectivity index (χ1n) is 6.58. The fourth-order valence-electron chi connectivity index (χ4n) is 2.54. The Balaban J connectivity index is 2.73. The number of benzene rings is 1. The molecule has 0 aliphatic heterocycles. The van der Waals surface area contributed by atoms with Gasteiger partial charge in [-0.2, -0.15) is 0 Å². The molecule has 1 heteroatoms. The molecule has 17 heavy (non-hydrogen) atoms. The third-order valence-corrected chi connectivity index (χ3v) is 3.72. The molecule has 0 spiro atoms. The van der Waals surface area contributed by atoms with Crippen LogP contribution in [0.15, 0.2) is 18.2 Å². The second-order valence-corrected chi connectivity index (χ2v) is 6.12. The van der Waals surface area contributed by atoms with Crippen LogP contribution in [0.2, 0.25) is 0 Å². The minimum absolute atomic E-state index is 0.325. The van der Waals surface area contributed by atoms with Crippen molar-refractivity contribution in [2.45, 2.75) is 53.5 Å². The van der Waals surface area contributed by atoms with Crippen LogP contribution in [0.4, 0.5) is 0 Å². The topological polar surface area (TPSA) is 12.0 Å². The van der Waals surface area contributed by atoms with Crippen molar-refractivity contribution in [3.05, 3.63) is 34.9 Å². The minimum atomic E-state index is 0.325. The zero-order chi connectivity index (χ0) is 13.1. The van der Waals surface area contributed by atoms with Gasteiger partial charge in [-0.25, -0.2) is 0 Å². The summed E-state index contributed by atoms with van der Waals surface area (Å²) in [5.41, 5.74) is 4.70. The number of hydrogen-bond donors (Lipinski definition) is 1. The lowest BCUT2D eigenvalue weighted by molar-refractivity contribution is 0.267. The van der Waals surface area contributed by atoms with E-state index in [0.717, 1.165) is 0 Å². The second-order valence-electron chi connectivity index (χ2n) is 6.12. The van der Waals surface area contributed by atoms with Crippen LogP contribution in [-0.4, -0.2) is 13.1 Å². The Bertz CT molecular complexity index is 340. The van der Waals surface area contributed by atoms with Crippen LogP contribution < -0.4 is 5.32 Å². The van der Waals surface area contributed by atoms with Crippen molar-refractivity contribution in [1.29, 1.82) is 0 Å². The summed E-state index contributed by atoms with van der Waals surface area (Å²) < 4.78 is 0. The van der Waals surface area contributed by atoms with Crippen molar-refractivity contribution in [3.8, 4) is 0 Å². The van der Waals surface area contributed by atoms with Crippen LogP contribution in [0.5, 0.6) is 0 Å². The van der Waals surface area contributed by atoms with Gasteiger partial charge < -0.3 is 5.32 Å². The molecule has 96 valence electrons. The first kappa shape index (κ1) is 14.2. The second kappa shape index (κ2) is 5.68. The van der Waals surface area contributed by atoms with Gasteiger partial charge >= 0.3 is 0 Å². The molecule has 0 radical (unpaired) electrons. The molecule has 0 aliphatic carbocycles. The molecule has 1 atom stereocenters. The molecule has 0 fully saturated rings. The Morgan fingerprint density at radius 3 is 2.06 bits per heavy atom. The fourth-order valence-corrected chi connectivity index (χ4v) is 2.54. The van der Waals surface area contributed by atoms with Gasteiger partial charge in [-0.15, -0.1) is 0 Å². The zero-order valence-electron chi connectivity index (χ0n) is 12.2. The SMILES string of the molecule is CNC(CCc1c(C)cccc1C)C(C)(C)C. The molecule has 1 aromatic carbocycles. The quantitative estimate of drug-likeness (QED) is 0.832. The maximum atomic E-state index is 3.45. The van der Waals surface area contributed by atoms with Crippen molar-refractivity contribution in [1.82, 2.24) is 5.32 Å². The Morgan fingerprint density at radius 1 is 1.12 bits per heavy atom.